The molecular weight excluding hydrogens is 256 g/mol. The highest BCUT2D eigenvalue weighted by atomic mass is 19.1. The number of benzene rings is 1. The topological polar surface area (TPSA) is 61.5 Å². The first-order chi connectivity index (χ1) is 8.93. The van der Waals surface area contributed by atoms with Gasteiger partial charge in [0, 0.05) is 6.61 Å². The highest BCUT2D eigenvalue weighted by Gasteiger charge is 2.20. The average Bonchev–Trinajstić information content (AvgIpc) is 2.33. The van der Waals surface area contributed by atoms with Crippen molar-refractivity contribution in [2.45, 2.75) is 13.8 Å². The smallest absolute Gasteiger partial charge is 0.344 e. The maximum absolute atomic E-state index is 13.5. The van der Waals surface area contributed by atoms with Gasteiger partial charge in [-0.2, -0.15) is 0 Å². The quantitative estimate of drug-likeness (QED) is 0.491. The summed E-state index contributed by atoms with van der Waals surface area (Å²) < 4.78 is 36.7. The summed E-state index contributed by atoms with van der Waals surface area (Å²) in [7, 11) is 0. The van der Waals surface area contributed by atoms with E-state index >= 15 is 0 Å². The van der Waals surface area contributed by atoms with Crippen molar-refractivity contribution >= 4 is 11.7 Å². The molecule has 1 aromatic rings. The molecule has 0 saturated carbocycles. The number of nitrogens with two attached hydrogens (primary N) is 1. The Balaban J connectivity index is 2.53. The number of ether oxygens (including phenoxy) is 2. The van der Waals surface area contributed by atoms with Gasteiger partial charge in [0.25, 0.3) is 0 Å². The number of carbonyl (C=O) groups excluding carboxylic acids is 1. The van der Waals surface area contributed by atoms with Crippen molar-refractivity contribution in [1.29, 1.82) is 0 Å². The Morgan fingerprint density at radius 2 is 2.00 bits per heavy atom. The van der Waals surface area contributed by atoms with Crippen LogP contribution in [0, 0.1) is 17.6 Å². The van der Waals surface area contributed by atoms with Gasteiger partial charge in [0.2, 0.25) is 0 Å². The second-order valence-electron chi connectivity index (χ2n) is 4.43. The molecule has 0 radical (unpaired) electrons. The van der Waals surface area contributed by atoms with E-state index < -0.39 is 23.2 Å². The van der Waals surface area contributed by atoms with Crippen molar-refractivity contribution in [2.24, 2.45) is 5.92 Å². The third-order valence-corrected chi connectivity index (χ3v) is 2.24. The SMILES string of the molecule is CC(C)COCCOC(=O)c1c(F)ccc(N)c1F. The van der Waals surface area contributed by atoms with Crippen LogP contribution in [0.2, 0.25) is 0 Å². The molecule has 4 nitrogen and oxygen atoms in total. The molecule has 6 heteroatoms. The fourth-order valence-electron chi connectivity index (χ4n) is 1.34. The monoisotopic (exact) mass is 273 g/mol. The average molecular weight is 273 g/mol. The predicted molar refractivity (Wildman–Crippen MR) is 66.7 cm³/mol. The molecule has 0 fully saturated rings. The molecule has 19 heavy (non-hydrogen) atoms. The molecule has 2 N–H and O–H groups in total. The molecule has 0 aliphatic carbocycles. The van der Waals surface area contributed by atoms with Crippen molar-refractivity contribution in [3.05, 3.63) is 29.3 Å². The first-order valence-corrected chi connectivity index (χ1v) is 5.91. The van der Waals surface area contributed by atoms with E-state index in [-0.39, 0.29) is 18.9 Å². The van der Waals surface area contributed by atoms with Gasteiger partial charge in [-0.25, -0.2) is 13.6 Å². The van der Waals surface area contributed by atoms with Crippen LogP contribution in [0.15, 0.2) is 12.1 Å². The fraction of sp³-hybridized carbons (Fsp3) is 0.462. The predicted octanol–water partition coefficient (Wildman–Crippen LogP) is 2.38. The molecular formula is C13H17F2NO3. The highest BCUT2D eigenvalue weighted by Crippen LogP contribution is 2.19. The van der Waals surface area contributed by atoms with Crippen LogP contribution in [-0.4, -0.2) is 25.8 Å². The number of carbonyl (C=O) groups is 1. The Hall–Kier alpha value is -1.69. The van der Waals surface area contributed by atoms with Gasteiger partial charge in [-0.3, -0.25) is 0 Å². The first kappa shape index (κ1) is 15.4. The van der Waals surface area contributed by atoms with E-state index in [2.05, 4.69) is 0 Å². The van der Waals surface area contributed by atoms with Gasteiger partial charge in [0.1, 0.15) is 18.0 Å². The lowest BCUT2D eigenvalue weighted by atomic mass is 10.2. The molecule has 0 aliphatic heterocycles. The van der Waals surface area contributed by atoms with Gasteiger partial charge in [-0.1, -0.05) is 13.8 Å². The Morgan fingerprint density at radius 1 is 1.32 bits per heavy atom. The zero-order valence-corrected chi connectivity index (χ0v) is 10.9. The molecule has 0 saturated heterocycles. The van der Waals surface area contributed by atoms with E-state index in [1.165, 1.54) is 0 Å². The molecule has 0 bridgehead atoms. The highest BCUT2D eigenvalue weighted by molar-refractivity contribution is 5.91. The summed E-state index contributed by atoms with van der Waals surface area (Å²) in [5.41, 5.74) is 4.19. The number of halogens is 2. The molecule has 0 heterocycles. The number of nitrogen functional groups attached to an aromatic ring is 1. The molecule has 0 aliphatic rings. The third-order valence-electron chi connectivity index (χ3n) is 2.24. The molecule has 106 valence electrons. The van der Waals surface area contributed by atoms with Crippen LogP contribution in [0.4, 0.5) is 14.5 Å². The van der Waals surface area contributed by atoms with Crippen molar-refractivity contribution in [1.82, 2.24) is 0 Å². The molecule has 1 aromatic carbocycles. The van der Waals surface area contributed by atoms with Crippen LogP contribution in [-0.2, 0) is 9.47 Å². The third kappa shape index (κ3) is 4.48. The molecule has 0 spiro atoms. The van der Waals surface area contributed by atoms with E-state index in [1.807, 2.05) is 13.8 Å². The normalized spacial score (nSPS) is 10.8. The number of hydrogen-bond acceptors (Lipinski definition) is 4. The van der Waals surface area contributed by atoms with Crippen molar-refractivity contribution in [3.8, 4) is 0 Å². The zero-order valence-electron chi connectivity index (χ0n) is 10.9. The minimum absolute atomic E-state index is 0.0702. The van der Waals surface area contributed by atoms with Crippen molar-refractivity contribution < 1.29 is 23.0 Å². The van der Waals surface area contributed by atoms with Gasteiger partial charge in [0.05, 0.1) is 12.3 Å². The van der Waals surface area contributed by atoms with E-state index in [0.717, 1.165) is 12.1 Å². The second kappa shape index (κ2) is 7.04. The summed E-state index contributed by atoms with van der Waals surface area (Å²) in [4.78, 5) is 11.5. The maximum atomic E-state index is 13.5. The maximum Gasteiger partial charge on any atom is 0.344 e. The first-order valence-electron chi connectivity index (χ1n) is 5.91. The van der Waals surface area contributed by atoms with Gasteiger partial charge in [0.15, 0.2) is 5.82 Å². The fourth-order valence-corrected chi connectivity index (χ4v) is 1.34. The Labute approximate surface area is 110 Å². The van der Waals surface area contributed by atoms with Crippen LogP contribution in [0.3, 0.4) is 0 Å². The van der Waals surface area contributed by atoms with Crippen LogP contribution in [0.5, 0.6) is 0 Å². The molecule has 0 unspecified atom stereocenters. The van der Waals surface area contributed by atoms with Crippen molar-refractivity contribution in [3.63, 3.8) is 0 Å². The summed E-state index contributed by atoms with van der Waals surface area (Å²) in [6.07, 6.45) is 0. The van der Waals surface area contributed by atoms with E-state index in [1.54, 1.807) is 0 Å². The summed E-state index contributed by atoms with van der Waals surface area (Å²) >= 11 is 0. The van der Waals surface area contributed by atoms with E-state index in [9.17, 15) is 13.6 Å². The van der Waals surface area contributed by atoms with Crippen LogP contribution < -0.4 is 5.73 Å². The summed E-state index contributed by atoms with van der Waals surface area (Å²) in [6.45, 7) is 4.58. The van der Waals surface area contributed by atoms with Gasteiger partial charge >= 0.3 is 5.97 Å². The van der Waals surface area contributed by atoms with E-state index in [4.69, 9.17) is 15.2 Å². The van der Waals surface area contributed by atoms with Crippen molar-refractivity contribution in [2.75, 3.05) is 25.6 Å². The Kier molecular flexibility index (Phi) is 5.69. The lowest BCUT2D eigenvalue weighted by Gasteiger charge is -2.09. The largest absolute Gasteiger partial charge is 0.459 e. The van der Waals surface area contributed by atoms with Gasteiger partial charge in [-0.15, -0.1) is 0 Å². The summed E-state index contributed by atoms with van der Waals surface area (Å²) in [5, 5.41) is 0. The standard InChI is InChI=1S/C13H17F2NO3/c1-8(2)7-18-5-6-19-13(17)11-9(14)3-4-10(16)12(11)15/h3-4,8H,5-7,16H2,1-2H3. The molecule has 0 amide bonds. The summed E-state index contributed by atoms with van der Waals surface area (Å²) in [5.74, 6) is -2.83. The van der Waals surface area contributed by atoms with Crippen LogP contribution in [0.1, 0.15) is 24.2 Å². The molecule has 1 rings (SSSR count). The summed E-state index contributed by atoms with van der Waals surface area (Å²) in [6, 6.07) is 1.97. The number of esters is 1. The minimum atomic E-state index is -1.10. The van der Waals surface area contributed by atoms with Crippen LogP contribution in [0.25, 0.3) is 0 Å². The minimum Gasteiger partial charge on any atom is -0.459 e. The molecule has 0 aromatic heterocycles. The molecule has 0 atom stereocenters. The zero-order chi connectivity index (χ0) is 14.4. The second-order valence-corrected chi connectivity index (χ2v) is 4.43. The number of rotatable bonds is 6. The number of hydrogen-bond donors (Lipinski definition) is 1. The van der Waals surface area contributed by atoms with Gasteiger partial charge < -0.3 is 15.2 Å². The van der Waals surface area contributed by atoms with Gasteiger partial charge in [-0.05, 0) is 18.1 Å². The number of anilines is 1. The Bertz CT molecular complexity index is 450. The van der Waals surface area contributed by atoms with E-state index in [0.29, 0.717) is 12.5 Å². The van der Waals surface area contributed by atoms with Crippen LogP contribution >= 0.6 is 0 Å². The lowest BCUT2D eigenvalue weighted by Crippen LogP contribution is -2.15. The lowest BCUT2D eigenvalue weighted by molar-refractivity contribution is 0.0269. The Morgan fingerprint density at radius 3 is 2.63 bits per heavy atom.